The molecule has 5 nitrogen and oxygen atoms in total. The molecule has 1 rings (SSSR count). The largest absolute Gasteiger partial charge is 0.395 e. The van der Waals surface area contributed by atoms with E-state index in [4.69, 9.17) is 0 Å². The van der Waals surface area contributed by atoms with Crippen molar-refractivity contribution in [2.45, 2.75) is 52.6 Å². The number of aromatic nitrogens is 3. The molecule has 1 atom stereocenters. The molecule has 0 aromatic carbocycles. The Morgan fingerprint density at radius 3 is 2.59 bits per heavy atom. The highest BCUT2D eigenvalue weighted by Gasteiger charge is 2.12. The Kier molecular flexibility index (Phi) is 6.15. The van der Waals surface area contributed by atoms with Crippen LogP contribution in [0.5, 0.6) is 0 Å². The van der Waals surface area contributed by atoms with Crippen LogP contribution in [-0.4, -0.2) is 39.1 Å². The SMILES string of the molecule is CCCNC(CO)Cn1nc(CC)nc1CC. The number of aliphatic hydroxyl groups excluding tert-OH is 1. The van der Waals surface area contributed by atoms with Crippen LogP contribution < -0.4 is 5.32 Å². The van der Waals surface area contributed by atoms with Crippen LogP contribution in [0, 0.1) is 0 Å². The first-order valence-corrected chi connectivity index (χ1v) is 6.51. The van der Waals surface area contributed by atoms with E-state index in [1.54, 1.807) is 0 Å². The van der Waals surface area contributed by atoms with Crippen molar-refractivity contribution in [3.63, 3.8) is 0 Å². The van der Waals surface area contributed by atoms with Crippen LogP contribution in [0.2, 0.25) is 0 Å². The van der Waals surface area contributed by atoms with E-state index in [0.717, 1.165) is 37.5 Å². The van der Waals surface area contributed by atoms with Gasteiger partial charge < -0.3 is 10.4 Å². The van der Waals surface area contributed by atoms with Crippen LogP contribution in [0.15, 0.2) is 0 Å². The first-order valence-electron chi connectivity index (χ1n) is 6.51. The molecule has 98 valence electrons. The fraction of sp³-hybridized carbons (Fsp3) is 0.833. The summed E-state index contributed by atoms with van der Waals surface area (Å²) >= 11 is 0. The van der Waals surface area contributed by atoms with Gasteiger partial charge in [0.1, 0.15) is 5.82 Å². The van der Waals surface area contributed by atoms with Crippen molar-refractivity contribution in [3.05, 3.63) is 11.6 Å². The first kappa shape index (κ1) is 14.1. The van der Waals surface area contributed by atoms with E-state index < -0.39 is 0 Å². The summed E-state index contributed by atoms with van der Waals surface area (Å²) in [5, 5.41) is 17.1. The zero-order valence-electron chi connectivity index (χ0n) is 11.1. The maximum atomic E-state index is 9.32. The second-order valence-corrected chi connectivity index (χ2v) is 4.17. The Morgan fingerprint density at radius 1 is 1.29 bits per heavy atom. The average molecular weight is 240 g/mol. The maximum Gasteiger partial charge on any atom is 0.150 e. The molecular weight excluding hydrogens is 216 g/mol. The Balaban J connectivity index is 2.67. The summed E-state index contributed by atoms with van der Waals surface area (Å²) < 4.78 is 1.92. The number of hydrogen-bond donors (Lipinski definition) is 2. The summed E-state index contributed by atoms with van der Waals surface area (Å²) in [6, 6.07) is 0.0617. The van der Waals surface area contributed by atoms with Crippen LogP contribution in [-0.2, 0) is 19.4 Å². The second-order valence-electron chi connectivity index (χ2n) is 4.17. The minimum atomic E-state index is 0.0617. The molecule has 0 saturated heterocycles. The smallest absolute Gasteiger partial charge is 0.150 e. The number of hydrogen-bond acceptors (Lipinski definition) is 4. The van der Waals surface area contributed by atoms with Gasteiger partial charge in [-0.3, -0.25) is 0 Å². The Bertz CT molecular complexity index is 324. The third kappa shape index (κ3) is 4.09. The van der Waals surface area contributed by atoms with Gasteiger partial charge in [-0.1, -0.05) is 20.8 Å². The molecule has 0 radical (unpaired) electrons. The van der Waals surface area contributed by atoms with E-state index >= 15 is 0 Å². The van der Waals surface area contributed by atoms with Crippen LogP contribution in [0.4, 0.5) is 0 Å². The van der Waals surface area contributed by atoms with E-state index in [1.165, 1.54) is 0 Å². The summed E-state index contributed by atoms with van der Waals surface area (Å²) in [5.41, 5.74) is 0. The summed E-state index contributed by atoms with van der Waals surface area (Å²) in [6.07, 6.45) is 2.79. The summed E-state index contributed by atoms with van der Waals surface area (Å²) in [6.45, 7) is 7.98. The van der Waals surface area contributed by atoms with Gasteiger partial charge in [-0.25, -0.2) is 9.67 Å². The molecule has 0 bridgehead atoms. The van der Waals surface area contributed by atoms with Gasteiger partial charge in [-0.2, -0.15) is 5.10 Å². The standard InChI is InChI=1S/C12H24N4O/c1-4-7-13-10(9-17)8-16-12(6-3)14-11(5-2)15-16/h10,13,17H,4-9H2,1-3H3. The summed E-state index contributed by atoms with van der Waals surface area (Å²) in [7, 11) is 0. The van der Waals surface area contributed by atoms with Crippen molar-refractivity contribution in [2.24, 2.45) is 0 Å². The van der Waals surface area contributed by atoms with Crippen molar-refractivity contribution in [3.8, 4) is 0 Å². The van der Waals surface area contributed by atoms with Crippen LogP contribution >= 0.6 is 0 Å². The summed E-state index contributed by atoms with van der Waals surface area (Å²) in [5.74, 6) is 1.88. The fourth-order valence-corrected chi connectivity index (χ4v) is 1.73. The van der Waals surface area contributed by atoms with Gasteiger partial charge >= 0.3 is 0 Å². The number of nitrogens with zero attached hydrogens (tertiary/aromatic N) is 3. The van der Waals surface area contributed by atoms with Crippen molar-refractivity contribution in [2.75, 3.05) is 13.2 Å². The van der Waals surface area contributed by atoms with Crippen LogP contribution in [0.25, 0.3) is 0 Å². The molecule has 0 saturated carbocycles. The molecule has 0 amide bonds. The van der Waals surface area contributed by atoms with Gasteiger partial charge in [0, 0.05) is 18.9 Å². The predicted octanol–water partition coefficient (Wildman–Crippen LogP) is 0.763. The molecule has 1 heterocycles. The third-order valence-corrected chi connectivity index (χ3v) is 2.72. The minimum absolute atomic E-state index is 0.0617. The Morgan fingerprint density at radius 2 is 2.06 bits per heavy atom. The normalized spacial score (nSPS) is 12.9. The van der Waals surface area contributed by atoms with Crippen LogP contribution in [0.1, 0.15) is 38.8 Å². The first-order chi connectivity index (χ1) is 8.24. The lowest BCUT2D eigenvalue weighted by atomic mass is 10.3. The highest BCUT2D eigenvalue weighted by Crippen LogP contribution is 2.02. The number of nitrogens with one attached hydrogen (secondary N) is 1. The van der Waals surface area contributed by atoms with E-state index in [-0.39, 0.29) is 12.6 Å². The van der Waals surface area contributed by atoms with Gasteiger partial charge in [0.2, 0.25) is 0 Å². The topological polar surface area (TPSA) is 63.0 Å². The van der Waals surface area contributed by atoms with Gasteiger partial charge in [-0.05, 0) is 13.0 Å². The fourth-order valence-electron chi connectivity index (χ4n) is 1.73. The van der Waals surface area contributed by atoms with E-state index in [2.05, 4.69) is 36.2 Å². The van der Waals surface area contributed by atoms with Crippen molar-refractivity contribution in [1.82, 2.24) is 20.1 Å². The van der Waals surface area contributed by atoms with Gasteiger partial charge in [0.15, 0.2) is 5.82 Å². The zero-order valence-corrected chi connectivity index (χ0v) is 11.1. The van der Waals surface area contributed by atoms with E-state index in [1.807, 2.05) is 4.68 Å². The zero-order chi connectivity index (χ0) is 12.7. The number of aliphatic hydroxyl groups is 1. The Hall–Kier alpha value is -0.940. The lowest BCUT2D eigenvalue weighted by molar-refractivity contribution is 0.224. The highest BCUT2D eigenvalue weighted by molar-refractivity contribution is 4.93. The monoisotopic (exact) mass is 240 g/mol. The molecule has 1 unspecified atom stereocenters. The second kappa shape index (κ2) is 7.40. The maximum absolute atomic E-state index is 9.32. The Labute approximate surface area is 103 Å². The number of rotatable bonds is 8. The summed E-state index contributed by atoms with van der Waals surface area (Å²) in [4.78, 5) is 4.46. The molecule has 0 aliphatic carbocycles. The molecule has 1 aromatic rings. The molecule has 0 fully saturated rings. The van der Waals surface area contributed by atoms with Crippen molar-refractivity contribution < 1.29 is 5.11 Å². The lowest BCUT2D eigenvalue weighted by Crippen LogP contribution is -2.37. The molecular formula is C12H24N4O. The molecule has 2 N–H and O–H groups in total. The van der Waals surface area contributed by atoms with Gasteiger partial charge in [0.25, 0.3) is 0 Å². The van der Waals surface area contributed by atoms with E-state index in [9.17, 15) is 5.11 Å². The molecule has 1 aromatic heterocycles. The quantitative estimate of drug-likeness (QED) is 0.704. The lowest BCUT2D eigenvalue weighted by Gasteiger charge is -2.16. The van der Waals surface area contributed by atoms with Crippen molar-refractivity contribution >= 4 is 0 Å². The average Bonchev–Trinajstić information content (AvgIpc) is 2.76. The molecule has 5 heteroatoms. The molecule has 0 aliphatic heterocycles. The van der Waals surface area contributed by atoms with E-state index in [0.29, 0.717) is 6.54 Å². The van der Waals surface area contributed by atoms with Crippen LogP contribution in [0.3, 0.4) is 0 Å². The van der Waals surface area contributed by atoms with Crippen molar-refractivity contribution in [1.29, 1.82) is 0 Å². The number of aryl methyl sites for hydroxylation is 2. The minimum Gasteiger partial charge on any atom is -0.395 e. The third-order valence-electron chi connectivity index (χ3n) is 2.72. The van der Waals surface area contributed by atoms with Gasteiger partial charge in [0.05, 0.1) is 13.2 Å². The molecule has 0 spiro atoms. The highest BCUT2D eigenvalue weighted by atomic mass is 16.3. The molecule has 0 aliphatic rings. The van der Waals surface area contributed by atoms with Gasteiger partial charge in [-0.15, -0.1) is 0 Å². The molecule has 17 heavy (non-hydrogen) atoms. The predicted molar refractivity (Wildman–Crippen MR) is 67.9 cm³/mol.